The van der Waals surface area contributed by atoms with Gasteiger partial charge in [-0.25, -0.2) is 4.98 Å². The number of morpholine rings is 1. The first-order valence-electron chi connectivity index (χ1n) is 9.32. The second-order valence-corrected chi connectivity index (χ2v) is 8.07. The van der Waals surface area contributed by atoms with Crippen molar-refractivity contribution in [2.45, 2.75) is 12.1 Å². The molecule has 4 rings (SSSR count). The highest BCUT2D eigenvalue weighted by Crippen LogP contribution is 2.26. The third kappa shape index (κ3) is 4.03. The van der Waals surface area contributed by atoms with E-state index >= 15 is 0 Å². The molecule has 1 saturated heterocycles. The van der Waals surface area contributed by atoms with E-state index < -0.39 is 0 Å². The molecule has 1 aliphatic heterocycles. The Morgan fingerprint density at radius 3 is 2.72 bits per heavy atom. The molecule has 0 aliphatic carbocycles. The summed E-state index contributed by atoms with van der Waals surface area (Å²) in [5, 5.41) is 1.57. The predicted molar refractivity (Wildman–Crippen MR) is 115 cm³/mol. The number of amides is 1. The SMILES string of the molecule is Cc1c(Cl)cccc1-n1c(SCC(=O)N2CCOCC2)nc2ccccc2c1=O. The van der Waals surface area contributed by atoms with Crippen LogP contribution in [0.2, 0.25) is 5.02 Å². The van der Waals surface area contributed by atoms with Crippen LogP contribution >= 0.6 is 23.4 Å². The summed E-state index contributed by atoms with van der Waals surface area (Å²) in [6, 6.07) is 12.7. The predicted octanol–water partition coefficient (Wildman–Crippen LogP) is 3.30. The van der Waals surface area contributed by atoms with E-state index in [9.17, 15) is 9.59 Å². The van der Waals surface area contributed by atoms with Crippen LogP contribution in [0.4, 0.5) is 0 Å². The number of para-hydroxylation sites is 1. The van der Waals surface area contributed by atoms with Gasteiger partial charge in [-0.3, -0.25) is 14.2 Å². The number of nitrogens with zero attached hydrogens (tertiary/aromatic N) is 3. The molecule has 3 aromatic rings. The van der Waals surface area contributed by atoms with E-state index in [0.717, 1.165) is 5.56 Å². The number of carbonyl (C=O) groups is 1. The second-order valence-electron chi connectivity index (χ2n) is 6.72. The van der Waals surface area contributed by atoms with Crippen molar-refractivity contribution in [1.82, 2.24) is 14.5 Å². The van der Waals surface area contributed by atoms with E-state index in [4.69, 9.17) is 16.3 Å². The average molecular weight is 430 g/mol. The first kappa shape index (κ1) is 19.9. The maximum absolute atomic E-state index is 13.3. The van der Waals surface area contributed by atoms with Gasteiger partial charge in [0.1, 0.15) is 0 Å². The summed E-state index contributed by atoms with van der Waals surface area (Å²) in [7, 11) is 0. The molecule has 0 unspecified atom stereocenters. The molecule has 0 atom stereocenters. The third-order valence-electron chi connectivity index (χ3n) is 4.91. The van der Waals surface area contributed by atoms with E-state index in [-0.39, 0.29) is 17.2 Å². The van der Waals surface area contributed by atoms with E-state index in [0.29, 0.717) is 53.1 Å². The van der Waals surface area contributed by atoms with Gasteiger partial charge in [-0.15, -0.1) is 0 Å². The van der Waals surface area contributed by atoms with Crippen molar-refractivity contribution in [2.75, 3.05) is 32.1 Å². The van der Waals surface area contributed by atoms with Crippen LogP contribution in [0.5, 0.6) is 0 Å². The molecule has 1 aliphatic rings. The Balaban J connectivity index is 1.76. The number of benzene rings is 2. The number of thioether (sulfide) groups is 1. The van der Waals surface area contributed by atoms with Crippen LogP contribution in [0.1, 0.15) is 5.56 Å². The minimum atomic E-state index is -0.178. The van der Waals surface area contributed by atoms with Gasteiger partial charge in [0.05, 0.1) is 35.6 Å². The van der Waals surface area contributed by atoms with E-state index in [2.05, 4.69) is 4.98 Å². The third-order valence-corrected chi connectivity index (χ3v) is 6.25. The fourth-order valence-corrected chi connectivity index (χ4v) is 4.37. The number of hydrogen-bond donors (Lipinski definition) is 0. The van der Waals surface area contributed by atoms with Crippen molar-refractivity contribution < 1.29 is 9.53 Å². The van der Waals surface area contributed by atoms with Gasteiger partial charge in [-0.05, 0) is 36.8 Å². The molecular weight excluding hydrogens is 410 g/mol. The zero-order chi connectivity index (χ0) is 20.4. The zero-order valence-electron chi connectivity index (χ0n) is 15.9. The highest BCUT2D eigenvalue weighted by atomic mass is 35.5. The Morgan fingerprint density at radius 2 is 1.93 bits per heavy atom. The lowest BCUT2D eigenvalue weighted by Gasteiger charge is -2.26. The standard InChI is InChI=1S/C21H20ClN3O3S/c1-14-16(22)6-4-8-18(14)25-20(27)15-5-2-3-7-17(15)23-21(25)29-13-19(26)24-9-11-28-12-10-24/h2-8H,9-13H2,1H3. The minimum absolute atomic E-state index is 0.00933. The van der Waals surface area contributed by atoms with Crippen LogP contribution < -0.4 is 5.56 Å². The molecule has 2 heterocycles. The van der Waals surface area contributed by atoms with Crippen molar-refractivity contribution >= 4 is 40.2 Å². The van der Waals surface area contributed by atoms with E-state index in [1.54, 1.807) is 33.7 Å². The summed E-state index contributed by atoms with van der Waals surface area (Å²) in [6.45, 7) is 4.15. The molecule has 0 spiro atoms. The fraction of sp³-hybridized carbons (Fsp3) is 0.286. The van der Waals surface area contributed by atoms with E-state index in [1.165, 1.54) is 11.8 Å². The van der Waals surface area contributed by atoms with Crippen molar-refractivity contribution in [2.24, 2.45) is 0 Å². The molecule has 0 bridgehead atoms. The van der Waals surface area contributed by atoms with E-state index in [1.807, 2.05) is 25.1 Å². The second kappa shape index (κ2) is 8.57. The monoisotopic (exact) mass is 429 g/mol. The summed E-state index contributed by atoms with van der Waals surface area (Å²) < 4.78 is 6.86. The number of ether oxygens (including phenoxy) is 1. The first-order valence-corrected chi connectivity index (χ1v) is 10.7. The highest BCUT2D eigenvalue weighted by molar-refractivity contribution is 7.99. The van der Waals surface area contributed by atoms with Crippen molar-refractivity contribution in [3.8, 4) is 5.69 Å². The van der Waals surface area contributed by atoms with Crippen LogP contribution in [0, 0.1) is 6.92 Å². The maximum atomic E-state index is 13.3. The molecule has 0 N–H and O–H groups in total. The van der Waals surface area contributed by atoms with Gasteiger partial charge < -0.3 is 9.64 Å². The van der Waals surface area contributed by atoms with Crippen molar-refractivity contribution in [1.29, 1.82) is 0 Å². The Labute approximate surface area is 177 Å². The Hall–Kier alpha value is -2.35. The van der Waals surface area contributed by atoms with Crippen LogP contribution in [-0.2, 0) is 9.53 Å². The molecule has 2 aromatic carbocycles. The van der Waals surface area contributed by atoms with Gasteiger partial charge in [-0.2, -0.15) is 0 Å². The van der Waals surface area contributed by atoms with Crippen molar-refractivity contribution in [3.05, 3.63) is 63.4 Å². The minimum Gasteiger partial charge on any atom is -0.378 e. The summed E-state index contributed by atoms with van der Waals surface area (Å²) in [4.78, 5) is 32.4. The lowest BCUT2D eigenvalue weighted by atomic mass is 10.2. The fourth-order valence-electron chi connectivity index (χ4n) is 3.29. The van der Waals surface area contributed by atoms with Crippen LogP contribution in [0.15, 0.2) is 52.4 Å². The summed E-state index contributed by atoms with van der Waals surface area (Å²) in [5.74, 6) is 0.208. The molecule has 1 amide bonds. The van der Waals surface area contributed by atoms with Gasteiger partial charge >= 0.3 is 0 Å². The topological polar surface area (TPSA) is 64.4 Å². The first-order chi connectivity index (χ1) is 14.1. The van der Waals surface area contributed by atoms with Crippen molar-refractivity contribution in [3.63, 3.8) is 0 Å². The molecule has 1 aromatic heterocycles. The molecule has 0 saturated carbocycles. The Morgan fingerprint density at radius 1 is 1.17 bits per heavy atom. The largest absolute Gasteiger partial charge is 0.378 e. The molecule has 8 heteroatoms. The van der Waals surface area contributed by atoms with Gasteiger partial charge in [-0.1, -0.05) is 41.6 Å². The van der Waals surface area contributed by atoms with Gasteiger partial charge in [0, 0.05) is 18.1 Å². The maximum Gasteiger partial charge on any atom is 0.266 e. The number of fused-ring (bicyclic) bond motifs is 1. The molecule has 0 radical (unpaired) electrons. The summed E-state index contributed by atoms with van der Waals surface area (Å²) in [5.41, 5.74) is 1.88. The number of aromatic nitrogens is 2. The highest BCUT2D eigenvalue weighted by Gasteiger charge is 2.20. The Kier molecular flexibility index (Phi) is 5.89. The Bertz CT molecular complexity index is 1130. The lowest BCUT2D eigenvalue weighted by Crippen LogP contribution is -2.41. The number of carbonyl (C=O) groups excluding carboxylic acids is 1. The smallest absolute Gasteiger partial charge is 0.266 e. The number of rotatable bonds is 4. The van der Waals surface area contributed by atoms with Crippen LogP contribution in [-0.4, -0.2) is 52.4 Å². The molecule has 29 heavy (non-hydrogen) atoms. The van der Waals surface area contributed by atoms with Crippen LogP contribution in [0.3, 0.4) is 0 Å². The molecule has 1 fully saturated rings. The molecule has 6 nitrogen and oxygen atoms in total. The van der Waals surface area contributed by atoms with Gasteiger partial charge in [0.15, 0.2) is 5.16 Å². The summed E-state index contributed by atoms with van der Waals surface area (Å²) in [6.07, 6.45) is 0. The number of hydrogen-bond acceptors (Lipinski definition) is 5. The average Bonchev–Trinajstić information content (AvgIpc) is 2.75. The normalized spacial score (nSPS) is 14.3. The number of halogens is 1. The quantitative estimate of drug-likeness (QED) is 0.470. The molecular formula is C21H20ClN3O3S. The summed E-state index contributed by atoms with van der Waals surface area (Å²) >= 11 is 7.56. The lowest BCUT2D eigenvalue weighted by molar-refractivity contribution is -0.132. The van der Waals surface area contributed by atoms with Gasteiger partial charge in [0.2, 0.25) is 5.91 Å². The van der Waals surface area contributed by atoms with Gasteiger partial charge in [0.25, 0.3) is 5.56 Å². The molecule has 150 valence electrons. The van der Waals surface area contributed by atoms with Crippen LogP contribution in [0.25, 0.3) is 16.6 Å². The zero-order valence-corrected chi connectivity index (χ0v) is 17.5.